The summed E-state index contributed by atoms with van der Waals surface area (Å²) in [5, 5.41) is 0. The number of nitrogens with zero attached hydrogens (tertiary/aromatic N) is 1. The predicted octanol–water partition coefficient (Wildman–Crippen LogP) is 19.4. The van der Waals surface area contributed by atoms with E-state index >= 15 is 0 Å². The van der Waals surface area contributed by atoms with Crippen molar-refractivity contribution in [3.63, 3.8) is 0 Å². The van der Waals surface area contributed by atoms with Crippen LogP contribution in [-0.2, 0) is 32.7 Å². The van der Waals surface area contributed by atoms with E-state index in [1.807, 2.05) is 21.1 Å². The number of quaternary nitrogens is 1. The Bertz CT molecular complexity index is 1620. The lowest BCUT2D eigenvalue weighted by atomic mass is 10.0. The normalized spacial score (nSPS) is 13.9. The third kappa shape index (κ3) is 62.0. The Morgan fingerprint density at radius 2 is 0.740 bits per heavy atom. The number of hydrogen-bond donors (Lipinski definition) is 0. The maximum Gasteiger partial charge on any atom is 0.306 e. The molecule has 444 valence electrons. The van der Waals surface area contributed by atoms with Gasteiger partial charge in [-0.25, -0.2) is 0 Å². The average Bonchev–Trinajstić information content (AvgIpc) is 3.39. The van der Waals surface area contributed by atoms with Crippen LogP contribution < -0.4 is 4.89 Å². The van der Waals surface area contributed by atoms with E-state index in [9.17, 15) is 19.0 Å². The van der Waals surface area contributed by atoms with Crippen molar-refractivity contribution in [1.82, 2.24) is 0 Å². The van der Waals surface area contributed by atoms with Crippen LogP contribution in [0.15, 0.2) is 97.2 Å². The van der Waals surface area contributed by atoms with Crippen LogP contribution in [0.5, 0.6) is 0 Å². The van der Waals surface area contributed by atoms with Gasteiger partial charge in [0.05, 0.1) is 27.7 Å². The first kappa shape index (κ1) is 73.9. The first-order valence-electron chi connectivity index (χ1n) is 31.4. The fourth-order valence-electron chi connectivity index (χ4n) is 8.51. The number of carbonyl (C=O) groups excluding carboxylic acids is 2. The lowest BCUT2D eigenvalue weighted by Crippen LogP contribution is -2.37. The van der Waals surface area contributed by atoms with Gasteiger partial charge in [0.15, 0.2) is 6.10 Å². The van der Waals surface area contributed by atoms with E-state index in [4.69, 9.17) is 18.5 Å². The summed E-state index contributed by atoms with van der Waals surface area (Å²) in [5.74, 6) is -0.839. The van der Waals surface area contributed by atoms with Crippen molar-refractivity contribution < 1.29 is 42.1 Å². The number of rotatable bonds is 57. The summed E-state index contributed by atoms with van der Waals surface area (Å²) in [6.45, 7) is 4.11. The molecule has 0 rings (SSSR count). The molecule has 0 fully saturated rings. The molecule has 0 N–H and O–H groups in total. The quantitative estimate of drug-likeness (QED) is 0.0195. The van der Waals surface area contributed by atoms with Crippen molar-refractivity contribution in [3.8, 4) is 0 Å². The molecule has 77 heavy (non-hydrogen) atoms. The van der Waals surface area contributed by atoms with E-state index in [1.165, 1.54) is 128 Å². The molecule has 0 bridgehead atoms. The summed E-state index contributed by atoms with van der Waals surface area (Å²) in [5.41, 5.74) is 0. The number of hydrogen-bond acceptors (Lipinski definition) is 8. The molecule has 0 amide bonds. The second-order valence-corrected chi connectivity index (χ2v) is 23.4. The van der Waals surface area contributed by atoms with Crippen LogP contribution in [0.3, 0.4) is 0 Å². The zero-order valence-corrected chi connectivity index (χ0v) is 51.3. The van der Waals surface area contributed by atoms with Crippen molar-refractivity contribution in [2.45, 2.75) is 270 Å². The minimum atomic E-state index is -4.64. The standard InChI is InChI=1S/C67H118NO8P/c1-6-8-10-12-14-16-18-20-22-23-24-25-26-27-28-29-30-31-32-33-34-35-36-37-38-39-40-41-42-43-44-45-46-48-50-52-54-56-58-60-67(70)76-65(64-75-77(71,72)74-62-61-68(3,4)5)63-73-66(69)59-57-55-53-51-49-47-21-19-17-15-13-11-9-7-2/h8,10,14,16,19-22,24-25,27-28,30-31,33-34,65H,6-7,9,11-13,15,17-18,23,26,29,32,35-64H2,1-5H3/b10-8-,16-14-,21-19-,22-20-,25-24-,28-27-,31-30-,34-33-. The second-order valence-electron chi connectivity index (χ2n) is 22.0. The van der Waals surface area contributed by atoms with Gasteiger partial charge in [0.25, 0.3) is 7.82 Å². The van der Waals surface area contributed by atoms with Crippen molar-refractivity contribution in [2.75, 3.05) is 47.5 Å². The van der Waals surface area contributed by atoms with E-state index in [1.54, 1.807) is 0 Å². The van der Waals surface area contributed by atoms with Gasteiger partial charge in [-0.2, -0.15) is 0 Å². The van der Waals surface area contributed by atoms with E-state index in [-0.39, 0.29) is 26.1 Å². The maximum absolute atomic E-state index is 12.8. The van der Waals surface area contributed by atoms with Gasteiger partial charge in [-0.05, 0) is 96.3 Å². The van der Waals surface area contributed by atoms with E-state index < -0.39 is 32.5 Å². The summed E-state index contributed by atoms with van der Waals surface area (Å²) in [7, 11) is 1.16. The third-order valence-electron chi connectivity index (χ3n) is 13.3. The van der Waals surface area contributed by atoms with Crippen LogP contribution in [0.25, 0.3) is 0 Å². The number of phosphoric ester groups is 1. The fraction of sp³-hybridized carbons (Fsp3) is 0.731. The Hall–Kier alpha value is -3.07. The highest BCUT2D eigenvalue weighted by Gasteiger charge is 2.22. The van der Waals surface area contributed by atoms with Gasteiger partial charge >= 0.3 is 11.9 Å². The second kappa shape index (κ2) is 57.6. The first-order chi connectivity index (χ1) is 37.5. The fourth-order valence-corrected chi connectivity index (χ4v) is 9.24. The highest BCUT2D eigenvalue weighted by atomic mass is 31.2. The molecule has 0 aliphatic rings. The molecule has 0 aromatic heterocycles. The van der Waals surface area contributed by atoms with Crippen molar-refractivity contribution in [3.05, 3.63) is 97.2 Å². The van der Waals surface area contributed by atoms with Crippen LogP contribution >= 0.6 is 7.82 Å². The summed E-state index contributed by atoms with van der Waals surface area (Å²) in [4.78, 5) is 37.8. The SMILES string of the molecule is CC/C=C\C/C=C\C/C=C\C/C=C\C/C=C\C/C=C\C/C=C\CCCCCCCCCCCCCCCCCCCC(=O)OC(COC(=O)CCCCCCC/C=C\CCCCCCC)COP(=O)([O-])OCC[N+](C)(C)C. The van der Waals surface area contributed by atoms with Crippen molar-refractivity contribution >= 4 is 19.8 Å². The number of carbonyl (C=O) groups is 2. The van der Waals surface area contributed by atoms with Gasteiger partial charge in [-0.3, -0.25) is 14.2 Å². The average molecular weight is 1100 g/mol. The van der Waals surface area contributed by atoms with Gasteiger partial charge in [0.1, 0.15) is 19.8 Å². The molecule has 0 radical (unpaired) electrons. The summed E-state index contributed by atoms with van der Waals surface area (Å²) in [6, 6.07) is 0. The summed E-state index contributed by atoms with van der Waals surface area (Å²) < 4.78 is 34.1. The molecule has 10 heteroatoms. The van der Waals surface area contributed by atoms with Gasteiger partial charge < -0.3 is 27.9 Å². The molecular weight excluding hydrogens is 978 g/mol. The minimum Gasteiger partial charge on any atom is -0.756 e. The maximum atomic E-state index is 12.8. The molecule has 0 spiro atoms. The highest BCUT2D eigenvalue weighted by molar-refractivity contribution is 7.45. The zero-order chi connectivity index (χ0) is 56.3. The lowest BCUT2D eigenvalue weighted by Gasteiger charge is -2.28. The van der Waals surface area contributed by atoms with Crippen molar-refractivity contribution in [2.24, 2.45) is 0 Å². The van der Waals surface area contributed by atoms with Crippen LogP contribution in [0.2, 0.25) is 0 Å². The Balaban J connectivity index is 3.98. The minimum absolute atomic E-state index is 0.0338. The first-order valence-corrected chi connectivity index (χ1v) is 32.9. The number of unbranched alkanes of at least 4 members (excludes halogenated alkanes) is 27. The van der Waals surface area contributed by atoms with Gasteiger partial charge in [-0.15, -0.1) is 0 Å². The molecule has 0 aliphatic heterocycles. The molecule has 0 aromatic carbocycles. The van der Waals surface area contributed by atoms with Gasteiger partial charge in [0.2, 0.25) is 0 Å². The predicted molar refractivity (Wildman–Crippen MR) is 328 cm³/mol. The third-order valence-corrected chi connectivity index (χ3v) is 14.3. The Morgan fingerprint density at radius 3 is 1.12 bits per heavy atom. The Labute approximate surface area is 474 Å². The molecule has 9 nitrogen and oxygen atoms in total. The zero-order valence-electron chi connectivity index (χ0n) is 50.4. The number of esters is 2. The molecule has 0 saturated heterocycles. The van der Waals surface area contributed by atoms with Crippen LogP contribution in [0.1, 0.15) is 264 Å². The smallest absolute Gasteiger partial charge is 0.306 e. The van der Waals surface area contributed by atoms with Crippen molar-refractivity contribution in [1.29, 1.82) is 0 Å². The Kier molecular flexibility index (Phi) is 55.3. The largest absolute Gasteiger partial charge is 0.756 e. The molecule has 0 heterocycles. The topological polar surface area (TPSA) is 111 Å². The van der Waals surface area contributed by atoms with Crippen LogP contribution in [-0.4, -0.2) is 70.0 Å². The molecule has 0 aromatic rings. The van der Waals surface area contributed by atoms with E-state index in [0.717, 1.165) is 103 Å². The van der Waals surface area contributed by atoms with Crippen LogP contribution in [0.4, 0.5) is 0 Å². The number of likely N-dealkylation sites (N-methyl/N-ethyl adjacent to an activating group) is 1. The molecular formula is C67H118NO8P. The van der Waals surface area contributed by atoms with Crippen LogP contribution in [0, 0.1) is 0 Å². The summed E-state index contributed by atoms with van der Waals surface area (Å²) >= 11 is 0. The molecule has 2 atom stereocenters. The highest BCUT2D eigenvalue weighted by Crippen LogP contribution is 2.38. The van der Waals surface area contributed by atoms with E-state index in [0.29, 0.717) is 17.4 Å². The summed E-state index contributed by atoms with van der Waals surface area (Å²) in [6.07, 6.45) is 79.1. The lowest BCUT2D eigenvalue weighted by molar-refractivity contribution is -0.870. The van der Waals surface area contributed by atoms with E-state index in [2.05, 4.69) is 111 Å². The molecule has 0 saturated carbocycles. The monoisotopic (exact) mass is 1100 g/mol. The number of phosphoric acid groups is 1. The van der Waals surface area contributed by atoms with Gasteiger partial charge in [0, 0.05) is 12.8 Å². The van der Waals surface area contributed by atoms with Gasteiger partial charge in [-0.1, -0.05) is 252 Å². The number of ether oxygens (including phenoxy) is 2. The number of allylic oxidation sites excluding steroid dienone is 16. The Morgan fingerprint density at radius 1 is 0.416 bits per heavy atom. The molecule has 2 unspecified atom stereocenters. The molecule has 0 aliphatic carbocycles.